The third-order valence-electron chi connectivity index (χ3n) is 2.93. The summed E-state index contributed by atoms with van der Waals surface area (Å²) >= 11 is 0. The molecule has 2 aromatic heterocycles. The molecule has 0 fully saturated rings. The van der Waals surface area contributed by atoms with Crippen LogP contribution in [0.2, 0.25) is 0 Å². The molecule has 0 radical (unpaired) electrons. The number of nitrogens with two attached hydrogens (primary N) is 1. The summed E-state index contributed by atoms with van der Waals surface area (Å²) < 4.78 is 0. The highest BCUT2D eigenvalue weighted by Crippen LogP contribution is 2.21. The quantitative estimate of drug-likeness (QED) is 0.496. The number of amides is 1. The molecule has 0 saturated carbocycles. The molecule has 0 spiro atoms. The summed E-state index contributed by atoms with van der Waals surface area (Å²) in [6.45, 7) is 0. The van der Waals surface area contributed by atoms with E-state index in [0.717, 1.165) is 10.9 Å². The lowest BCUT2D eigenvalue weighted by Crippen LogP contribution is -2.16. The summed E-state index contributed by atoms with van der Waals surface area (Å²) in [6.07, 6.45) is 1.68. The second kappa shape index (κ2) is 5.51. The van der Waals surface area contributed by atoms with Crippen LogP contribution < -0.4 is 16.6 Å². The van der Waals surface area contributed by atoms with Gasteiger partial charge in [0, 0.05) is 11.6 Å². The highest BCUT2D eigenvalue weighted by molar-refractivity contribution is 6.07. The predicted molar refractivity (Wildman–Crippen MR) is 79.5 cm³/mol. The molecule has 4 N–H and O–H groups in total. The van der Waals surface area contributed by atoms with E-state index in [4.69, 9.17) is 5.84 Å². The van der Waals surface area contributed by atoms with Crippen molar-refractivity contribution in [2.45, 2.75) is 0 Å². The van der Waals surface area contributed by atoms with Crippen LogP contribution in [0.4, 0.5) is 11.5 Å². The number of rotatable bonds is 3. The number of carbonyl (C=O) groups is 1. The van der Waals surface area contributed by atoms with Crippen molar-refractivity contribution in [3.63, 3.8) is 0 Å². The third-order valence-corrected chi connectivity index (χ3v) is 2.93. The van der Waals surface area contributed by atoms with E-state index in [9.17, 15) is 4.79 Å². The van der Waals surface area contributed by atoms with Crippen LogP contribution in [0.15, 0.2) is 48.7 Å². The fraction of sp³-hybridized carbons (Fsp3) is 0. The molecule has 3 aromatic rings. The molecule has 0 aliphatic carbocycles. The number of hydrogen-bond donors (Lipinski definition) is 3. The van der Waals surface area contributed by atoms with Crippen LogP contribution in [0.5, 0.6) is 0 Å². The summed E-state index contributed by atoms with van der Waals surface area (Å²) in [5.74, 6) is 5.23. The minimum Gasteiger partial charge on any atom is -0.319 e. The Balaban J connectivity index is 1.89. The van der Waals surface area contributed by atoms with E-state index in [-0.39, 0.29) is 11.6 Å². The van der Waals surface area contributed by atoms with Crippen LogP contribution in [-0.2, 0) is 0 Å². The highest BCUT2D eigenvalue weighted by atomic mass is 16.1. The number of aromatic nitrogens is 3. The van der Waals surface area contributed by atoms with Gasteiger partial charge in [0.1, 0.15) is 0 Å². The van der Waals surface area contributed by atoms with Crippen molar-refractivity contribution < 1.29 is 4.79 Å². The van der Waals surface area contributed by atoms with Crippen LogP contribution in [0.25, 0.3) is 10.9 Å². The molecule has 21 heavy (non-hydrogen) atoms. The van der Waals surface area contributed by atoms with Gasteiger partial charge in [-0.25, -0.2) is 5.84 Å². The molecule has 7 heteroatoms. The van der Waals surface area contributed by atoms with Gasteiger partial charge in [0.15, 0.2) is 11.5 Å². The first-order chi connectivity index (χ1) is 10.3. The van der Waals surface area contributed by atoms with Crippen LogP contribution >= 0.6 is 0 Å². The lowest BCUT2D eigenvalue weighted by atomic mass is 10.2. The summed E-state index contributed by atoms with van der Waals surface area (Å²) in [7, 11) is 0. The first-order valence-corrected chi connectivity index (χ1v) is 6.23. The number of nitrogen functional groups attached to an aromatic ring is 1. The van der Waals surface area contributed by atoms with Gasteiger partial charge in [-0.1, -0.05) is 18.2 Å². The van der Waals surface area contributed by atoms with E-state index >= 15 is 0 Å². The average molecular weight is 280 g/mol. The van der Waals surface area contributed by atoms with E-state index in [0.29, 0.717) is 11.5 Å². The fourth-order valence-electron chi connectivity index (χ4n) is 1.92. The maximum Gasteiger partial charge on any atom is 0.276 e. The Labute approximate surface area is 120 Å². The lowest BCUT2D eigenvalue weighted by molar-refractivity contribution is 0.102. The highest BCUT2D eigenvalue weighted by Gasteiger charge is 2.10. The minimum absolute atomic E-state index is 0.196. The van der Waals surface area contributed by atoms with E-state index in [1.54, 1.807) is 18.3 Å². The molecule has 7 nitrogen and oxygen atoms in total. The number of pyridine rings is 1. The standard InChI is InChI=1S/C14H12N6O/c15-18-12-7-6-11(19-20-12)14(21)17-10-5-1-3-9-4-2-8-16-13(9)10/h1-8H,15H2,(H,17,21)(H,18,20). The predicted octanol–water partition coefficient (Wildman–Crippen LogP) is 1.56. The molecule has 3 rings (SSSR count). The zero-order valence-corrected chi connectivity index (χ0v) is 10.9. The molecule has 0 bridgehead atoms. The van der Waals surface area contributed by atoms with Crippen molar-refractivity contribution >= 4 is 28.3 Å². The van der Waals surface area contributed by atoms with Gasteiger partial charge in [0.2, 0.25) is 0 Å². The Kier molecular flexibility index (Phi) is 3.40. The lowest BCUT2D eigenvalue weighted by Gasteiger charge is -2.07. The number of nitrogens with one attached hydrogen (secondary N) is 2. The van der Waals surface area contributed by atoms with Crippen LogP contribution in [0, 0.1) is 0 Å². The molecule has 0 unspecified atom stereocenters. The van der Waals surface area contributed by atoms with Crippen molar-refractivity contribution in [3.05, 3.63) is 54.4 Å². The Hall–Kier alpha value is -3.06. The van der Waals surface area contributed by atoms with Crippen LogP contribution in [-0.4, -0.2) is 21.1 Å². The van der Waals surface area contributed by atoms with Gasteiger partial charge < -0.3 is 10.7 Å². The Morgan fingerprint density at radius 2 is 1.90 bits per heavy atom. The molecule has 0 aliphatic heterocycles. The Morgan fingerprint density at radius 1 is 1.05 bits per heavy atom. The second-order valence-corrected chi connectivity index (χ2v) is 4.28. The zero-order valence-electron chi connectivity index (χ0n) is 10.9. The maximum absolute atomic E-state index is 12.2. The second-order valence-electron chi connectivity index (χ2n) is 4.28. The average Bonchev–Trinajstić information content (AvgIpc) is 2.55. The third kappa shape index (κ3) is 2.63. The first-order valence-electron chi connectivity index (χ1n) is 6.23. The van der Waals surface area contributed by atoms with Gasteiger partial charge in [-0.05, 0) is 24.3 Å². The number of nitrogens with zero attached hydrogens (tertiary/aromatic N) is 3. The minimum atomic E-state index is -0.357. The summed E-state index contributed by atoms with van der Waals surface area (Å²) in [5, 5.41) is 11.3. The number of para-hydroxylation sites is 1. The number of hydrogen-bond acceptors (Lipinski definition) is 6. The van der Waals surface area contributed by atoms with Gasteiger partial charge in [0.05, 0.1) is 11.2 Å². The molecule has 1 amide bonds. The summed E-state index contributed by atoms with van der Waals surface area (Å²) in [5.41, 5.74) is 3.90. The van der Waals surface area contributed by atoms with E-state index in [2.05, 4.69) is 25.9 Å². The molecule has 2 heterocycles. The molecular weight excluding hydrogens is 268 g/mol. The van der Waals surface area contributed by atoms with Crippen molar-refractivity contribution in [1.29, 1.82) is 0 Å². The number of benzene rings is 1. The molecule has 0 aliphatic rings. The molecular formula is C14H12N6O. The van der Waals surface area contributed by atoms with E-state index in [1.807, 2.05) is 24.3 Å². The summed E-state index contributed by atoms with van der Waals surface area (Å²) in [6, 6.07) is 12.5. The van der Waals surface area contributed by atoms with Crippen molar-refractivity contribution in [1.82, 2.24) is 15.2 Å². The number of hydrazine groups is 1. The largest absolute Gasteiger partial charge is 0.319 e. The number of anilines is 2. The van der Waals surface area contributed by atoms with Crippen molar-refractivity contribution in [3.8, 4) is 0 Å². The monoisotopic (exact) mass is 280 g/mol. The van der Waals surface area contributed by atoms with Gasteiger partial charge in [0.25, 0.3) is 5.91 Å². The van der Waals surface area contributed by atoms with Crippen LogP contribution in [0.3, 0.4) is 0 Å². The van der Waals surface area contributed by atoms with Gasteiger partial charge in [-0.2, -0.15) is 0 Å². The molecule has 1 aromatic carbocycles. The van der Waals surface area contributed by atoms with Gasteiger partial charge in [-0.15, -0.1) is 10.2 Å². The molecule has 0 atom stereocenters. The van der Waals surface area contributed by atoms with Crippen LogP contribution in [0.1, 0.15) is 10.5 Å². The smallest absolute Gasteiger partial charge is 0.276 e. The first kappa shape index (κ1) is 12.9. The number of carbonyl (C=O) groups excluding carboxylic acids is 1. The SMILES string of the molecule is NNc1ccc(C(=O)Nc2cccc3cccnc23)nn1. The van der Waals surface area contributed by atoms with Crippen molar-refractivity contribution in [2.24, 2.45) is 5.84 Å². The topological polar surface area (TPSA) is 106 Å². The van der Waals surface area contributed by atoms with Gasteiger partial charge in [-0.3, -0.25) is 9.78 Å². The van der Waals surface area contributed by atoms with Crippen molar-refractivity contribution in [2.75, 3.05) is 10.7 Å². The van der Waals surface area contributed by atoms with Gasteiger partial charge >= 0.3 is 0 Å². The molecule has 104 valence electrons. The zero-order chi connectivity index (χ0) is 14.7. The fourth-order valence-corrected chi connectivity index (χ4v) is 1.92. The van der Waals surface area contributed by atoms with E-state index in [1.165, 1.54) is 6.07 Å². The Bertz CT molecular complexity index is 782. The maximum atomic E-state index is 12.2. The summed E-state index contributed by atoms with van der Waals surface area (Å²) in [4.78, 5) is 16.4. The molecule has 0 saturated heterocycles. The Morgan fingerprint density at radius 3 is 2.67 bits per heavy atom. The number of fused-ring (bicyclic) bond motifs is 1. The normalized spacial score (nSPS) is 10.3. The van der Waals surface area contributed by atoms with E-state index < -0.39 is 0 Å².